The molecule has 164 valence electrons. The van der Waals surface area contributed by atoms with Crippen molar-refractivity contribution in [1.29, 1.82) is 0 Å². The molecule has 0 saturated heterocycles. The molecule has 0 spiro atoms. The lowest BCUT2D eigenvalue weighted by Crippen LogP contribution is -2.24. The van der Waals surface area contributed by atoms with Gasteiger partial charge in [0, 0.05) is 17.2 Å². The van der Waals surface area contributed by atoms with Crippen molar-refractivity contribution in [2.45, 2.75) is 39.0 Å². The van der Waals surface area contributed by atoms with Crippen molar-refractivity contribution in [3.8, 4) is 11.5 Å². The Balaban J connectivity index is 1.59. The Morgan fingerprint density at radius 1 is 0.903 bits per heavy atom. The molecular formula is C24H29N3O4. The summed E-state index contributed by atoms with van der Waals surface area (Å²) in [4.78, 5) is 24.8. The van der Waals surface area contributed by atoms with Gasteiger partial charge >= 0.3 is 0 Å². The zero-order valence-corrected chi connectivity index (χ0v) is 18.2. The van der Waals surface area contributed by atoms with Gasteiger partial charge in [-0.25, -0.2) is 5.43 Å². The van der Waals surface area contributed by atoms with Crippen molar-refractivity contribution in [2.24, 2.45) is 11.0 Å². The number of carbonyl (C=O) groups is 2. The number of amides is 2. The summed E-state index contributed by atoms with van der Waals surface area (Å²) >= 11 is 0. The zero-order valence-electron chi connectivity index (χ0n) is 18.2. The number of hydrogen-bond acceptors (Lipinski definition) is 5. The van der Waals surface area contributed by atoms with Gasteiger partial charge in [0.2, 0.25) is 5.91 Å². The van der Waals surface area contributed by atoms with Gasteiger partial charge in [-0.05, 0) is 55.7 Å². The summed E-state index contributed by atoms with van der Waals surface area (Å²) in [5.74, 6) is 0.885. The normalized spacial score (nSPS) is 14.6. The molecule has 0 aromatic heterocycles. The van der Waals surface area contributed by atoms with Crippen LogP contribution in [-0.2, 0) is 4.79 Å². The quantitative estimate of drug-likeness (QED) is 0.511. The summed E-state index contributed by atoms with van der Waals surface area (Å²) in [5.41, 5.74) is 5.24. The van der Waals surface area contributed by atoms with Gasteiger partial charge in [0.1, 0.15) is 0 Å². The lowest BCUT2D eigenvalue weighted by atomic mass is 9.88. The van der Waals surface area contributed by atoms with E-state index < -0.39 is 0 Å². The first-order valence-electron chi connectivity index (χ1n) is 10.5. The fraction of sp³-hybridized carbons (Fsp3) is 0.375. The molecule has 2 amide bonds. The third kappa shape index (κ3) is 5.84. The third-order valence-corrected chi connectivity index (χ3v) is 5.52. The number of hydrazone groups is 1. The predicted octanol–water partition coefficient (Wildman–Crippen LogP) is 4.38. The molecule has 2 N–H and O–H groups in total. The minimum atomic E-state index is -0.350. The van der Waals surface area contributed by atoms with E-state index in [0.717, 1.165) is 36.9 Å². The Hall–Kier alpha value is -3.35. The number of nitrogens with zero attached hydrogens (tertiary/aromatic N) is 1. The lowest BCUT2D eigenvalue weighted by molar-refractivity contribution is -0.120. The van der Waals surface area contributed by atoms with Crippen LogP contribution >= 0.6 is 0 Å². The Morgan fingerprint density at radius 2 is 1.55 bits per heavy atom. The van der Waals surface area contributed by atoms with Crippen LogP contribution in [0.4, 0.5) is 5.69 Å². The van der Waals surface area contributed by atoms with Crippen LogP contribution in [0.2, 0.25) is 0 Å². The highest BCUT2D eigenvalue weighted by atomic mass is 16.5. The van der Waals surface area contributed by atoms with Crippen molar-refractivity contribution in [1.82, 2.24) is 5.43 Å². The highest BCUT2D eigenvalue weighted by Crippen LogP contribution is 2.27. The molecule has 0 bridgehead atoms. The molecule has 0 aliphatic heterocycles. The average molecular weight is 424 g/mol. The van der Waals surface area contributed by atoms with Crippen molar-refractivity contribution in [3.05, 3.63) is 53.6 Å². The summed E-state index contributed by atoms with van der Waals surface area (Å²) in [6.45, 7) is 1.81. The Bertz CT molecular complexity index is 948. The minimum Gasteiger partial charge on any atom is -0.493 e. The second kappa shape index (κ2) is 10.6. The molecule has 0 radical (unpaired) electrons. The number of anilines is 1. The number of hydrogen-bond donors (Lipinski definition) is 2. The van der Waals surface area contributed by atoms with Gasteiger partial charge in [-0.3, -0.25) is 9.59 Å². The van der Waals surface area contributed by atoms with E-state index >= 15 is 0 Å². The maximum atomic E-state index is 12.4. The fourth-order valence-corrected chi connectivity index (χ4v) is 3.65. The summed E-state index contributed by atoms with van der Waals surface area (Å²) in [5, 5.41) is 7.19. The van der Waals surface area contributed by atoms with Crippen molar-refractivity contribution < 1.29 is 19.1 Å². The zero-order chi connectivity index (χ0) is 22.2. The Kier molecular flexibility index (Phi) is 7.65. The monoisotopic (exact) mass is 423 g/mol. The average Bonchev–Trinajstić information content (AvgIpc) is 2.82. The van der Waals surface area contributed by atoms with E-state index in [1.807, 2.05) is 31.2 Å². The van der Waals surface area contributed by atoms with Crippen LogP contribution in [0.25, 0.3) is 0 Å². The van der Waals surface area contributed by atoms with Crippen molar-refractivity contribution in [2.75, 3.05) is 19.5 Å². The van der Waals surface area contributed by atoms with Gasteiger partial charge < -0.3 is 14.8 Å². The van der Waals surface area contributed by atoms with Crippen molar-refractivity contribution >= 4 is 23.2 Å². The molecule has 0 atom stereocenters. The van der Waals surface area contributed by atoms with Crippen LogP contribution in [0.5, 0.6) is 11.5 Å². The molecule has 31 heavy (non-hydrogen) atoms. The number of ether oxygens (including phenoxy) is 2. The summed E-state index contributed by atoms with van der Waals surface area (Å²) in [6, 6.07) is 12.4. The molecule has 7 heteroatoms. The lowest BCUT2D eigenvalue weighted by Gasteiger charge is -2.20. The van der Waals surface area contributed by atoms with E-state index in [4.69, 9.17) is 9.47 Å². The standard InChI is InChI=1S/C24H29N3O4/c1-16(26-27-24(29)19-11-14-21(30-2)22(15-19)31-3)17-9-12-20(13-10-17)25-23(28)18-7-5-4-6-8-18/h9-15,18H,4-8H2,1-3H3,(H,25,28)(H,27,29)/b26-16+. The van der Waals surface area contributed by atoms with Crippen LogP contribution in [0.15, 0.2) is 47.6 Å². The maximum absolute atomic E-state index is 12.4. The maximum Gasteiger partial charge on any atom is 0.271 e. The number of rotatable bonds is 7. The smallest absolute Gasteiger partial charge is 0.271 e. The molecular weight excluding hydrogens is 394 g/mol. The van der Waals surface area contributed by atoms with E-state index in [1.54, 1.807) is 18.2 Å². The van der Waals surface area contributed by atoms with Gasteiger partial charge in [-0.15, -0.1) is 0 Å². The topological polar surface area (TPSA) is 89.0 Å². The van der Waals surface area contributed by atoms with Crippen LogP contribution in [0.3, 0.4) is 0 Å². The van der Waals surface area contributed by atoms with Gasteiger partial charge in [0.05, 0.1) is 19.9 Å². The fourth-order valence-electron chi connectivity index (χ4n) is 3.65. The van der Waals surface area contributed by atoms with Crippen LogP contribution in [-0.4, -0.2) is 31.7 Å². The molecule has 1 fully saturated rings. The van der Waals surface area contributed by atoms with E-state index in [0.29, 0.717) is 22.8 Å². The van der Waals surface area contributed by atoms with E-state index in [2.05, 4.69) is 15.8 Å². The second-order valence-electron chi connectivity index (χ2n) is 7.61. The van der Waals surface area contributed by atoms with Crippen LogP contribution < -0.4 is 20.2 Å². The summed E-state index contributed by atoms with van der Waals surface area (Å²) < 4.78 is 10.4. The third-order valence-electron chi connectivity index (χ3n) is 5.52. The molecule has 0 heterocycles. The summed E-state index contributed by atoms with van der Waals surface area (Å²) in [6.07, 6.45) is 5.41. The molecule has 2 aromatic rings. The van der Waals surface area contributed by atoms with Crippen LogP contribution in [0, 0.1) is 5.92 Å². The Morgan fingerprint density at radius 3 is 2.19 bits per heavy atom. The molecule has 1 aliphatic carbocycles. The number of methoxy groups -OCH3 is 2. The van der Waals surface area contributed by atoms with Gasteiger partial charge in [-0.2, -0.15) is 5.10 Å². The first-order chi connectivity index (χ1) is 15.0. The molecule has 7 nitrogen and oxygen atoms in total. The predicted molar refractivity (Wildman–Crippen MR) is 121 cm³/mol. The number of carbonyl (C=O) groups excluding carboxylic acids is 2. The number of nitrogens with one attached hydrogen (secondary N) is 2. The minimum absolute atomic E-state index is 0.0972. The summed E-state index contributed by atoms with van der Waals surface area (Å²) in [7, 11) is 3.06. The van der Waals surface area contributed by atoms with E-state index in [9.17, 15) is 9.59 Å². The van der Waals surface area contributed by atoms with Gasteiger partial charge in [0.25, 0.3) is 5.91 Å². The first-order valence-corrected chi connectivity index (χ1v) is 10.5. The number of benzene rings is 2. The molecule has 3 rings (SSSR count). The van der Waals surface area contributed by atoms with E-state index in [1.165, 1.54) is 20.6 Å². The Labute approximate surface area is 182 Å². The van der Waals surface area contributed by atoms with Gasteiger partial charge in [0.15, 0.2) is 11.5 Å². The first kappa shape index (κ1) is 22.3. The highest BCUT2D eigenvalue weighted by molar-refractivity contribution is 6.01. The second-order valence-corrected chi connectivity index (χ2v) is 7.61. The molecule has 1 aliphatic rings. The molecule has 1 saturated carbocycles. The van der Waals surface area contributed by atoms with E-state index in [-0.39, 0.29) is 17.7 Å². The molecule has 2 aromatic carbocycles. The van der Waals surface area contributed by atoms with Crippen molar-refractivity contribution in [3.63, 3.8) is 0 Å². The molecule has 0 unspecified atom stereocenters. The van der Waals surface area contributed by atoms with Gasteiger partial charge in [-0.1, -0.05) is 31.4 Å². The highest BCUT2D eigenvalue weighted by Gasteiger charge is 2.21. The van der Waals surface area contributed by atoms with Crippen LogP contribution in [0.1, 0.15) is 54.9 Å². The largest absolute Gasteiger partial charge is 0.493 e. The SMILES string of the molecule is COc1ccc(C(=O)N/N=C(\C)c2ccc(NC(=O)C3CCCCC3)cc2)cc1OC.